The van der Waals surface area contributed by atoms with Crippen molar-refractivity contribution in [3.8, 4) is 0 Å². The molecule has 1 saturated carbocycles. The first-order chi connectivity index (χ1) is 8.86. The number of rotatable bonds is 3. The number of hydrogen-bond acceptors (Lipinski definition) is 1. The Morgan fingerprint density at radius 2 is 2.05 bits per heavy atom. The molecule has 6 heteroatoms. The lowest BCUT2D eigenvalue weighted by Crippen LogP contribution is -2.21. The average molecular weight is 336 g/mol. The molecule has 1 amide bonds. The van der Waals surface area contributed by atoms with Crippen LogP contribution in [0.4, 0.5) is 18.9 Å². The van der Waals surface area contributed by atoms with Crippen molar-refractivity contribution in [3.05, 3.63) is 28.2 Å². The quantitative estimate of drug-likeness (QED) is 0.859. The Morgan fingerprint density at radius 1 is 1.37 bits per heavy atom. The summed E-state index contributed by atoms with van der Waals surface area (Å²) in [6.45, 7) is 0. The minimum absolute atomic E-state index is 0.0681. The predicted octanol–water partition coefficient (Wildman–Crippen LogP) is 4.60. The number of hydrogen-bond donors (Lipinski definition) is 1. The number of carbonyl (C=O) groups excluding carboxylic acids is 1. The molecule has 1 fully saturated rings. The minimum Gasteiger partial charge on any atom is -0.326 e. The van der Waals surface area contributed by atoms with Gasteiger partial charge >= 0.3 is 6.18 Å². The molecular formula is C13H13BrF3NO. The summed E-state index contributed by atoms with van der Waals surface area (Å²) in [4.78, 5) is 11.7. The molecule has 19 heavy (non-hydrogen) atoms. The fourth-order valence-corrected chi connectivity index (χ4v) is 2.60. The topological polar surface area (TPSA) is 29.1 Å². The summed E-state index contributed by atoms with van der Waals surface area (Å²) in [6, 6.07) is 3.51. The minimum atomic E-state index is -4.40. The van der Waals surface area contributed by atoms with Crippen molar-refractivity contribution in [1.29, 1.82) is 0 Å². The standard InChI is InChI=1S/C13H13BrF3NO/c14-11-7-9(4-5-10(11)13(15,16)17)18-12(19)6-8-2-1-3-8/h4-5,7-8H,1-3,6H2,(H,18,19). The highest BCUT2D eigenvalue weighted by atomic mass is 79.9. The summed E-state index contributed by atoms with van der Waals surface area (Å²) in [5, 5.41) is 2.62. The Morgan fingerprint density at radius 3 is 2.53 bits per heavy atom. The smallest absolute Gasteiger partial charge is 0.326 e. The molecule has 0 spiro atoms. The Hall–Kier alpha value is -1.04. The summed E-state index contributed by atoms with van der Waals surface area (Å²) < 4.78 is 37.6. The normalized spacial score (nSPS) is 16.0. The largest absolute Gasteiger partial charge is 0.417 e. The number of anilines is 1. The molecule has 0 atom stereocenters. The van der Waals surface area contributed by atoms with E-state index in [0.29, 0.717) is 18.0 Å². The van der Waals surface area contributed by atoms with Gasteiger partial charge in [-0.1, -0.05) is 22.4 Å². The van der Waals surface area contributed by atoms with E-state index in [4.69, 9.17) is 0 Å². The third-order valence-electron chi connectivity index (χ3n) is 3.26. The second-order valence-electron chi connectivity index (χ2n) is 4.74. The van der Waals surface area contributed by atoms with Gasteiger partial charge in [-0.15, -0.1) is 0 Å². The first kappa shape index (κ1) is 14.4. The lowest BCUT2D eigenvalue weighted by atomic mass is 9.83. The van der Waals surface area contributed by atoms with E-state index in [-0.39, 0.29) is 10.4 Å². The van der Waals surface area contributed by atoms with Crippen molar-refractivity contribution < 1.29 is 18.0 Å². The van der Waals surface area contributed by atoms with E-state index in [9.17, 15) is 18.0 Å². The van der Waals surface area contributed by atoms with Crippen LogP contribution in [0.1, 0.15) is 31.2 Å². The fourth-order valence-electron chi connectivity index (χ4n) is 1.99. The molecule has 104 valence electrons. The lowest BCUT2D eigenvalue weighted by Gasteiger charge is -2.24. The van der Waals surface area contributed by atoms with Crippen molar-refractivity contribution in [3.63, 3.8) is 0 Å². The number of benzene rings is 1. The molecule has 0 heterocycles. The molecule has 2 rings (SSSR count). The van der Waals surface area contributed by atoms with Crippen LogP contribution in [0.15, 0.2) is 22.7 Å². The summed E-state index contributed by atoms with van der Waals surface area (Å²) in [6.07, 6.45) is -0.677. The van der Waals surface area contributed by atoms with Gasteiger partial charge in [-0.05, 0) is 37.0 Å². The van der Waals surface area contributed by atoms with Gasteiger partial charge in [-0.3, -0.25) is 4.79 Å². The molecule has 1 aliphatic rings. The van der Waals surface area contributed by atoms with Gasteiger partial charge in [-0.25, -0.2) is 0 Å². The van der Waals surface area contributed by atoms with E-state index in [1.165, 1.54) is 12.1 Å². The lowest BCUT2D eigenvalue weighted by molar-refractivity contribution is -0.138. The summed E-state index contributed by atoms with van der Waals surface area (Å²) in [7, 11) is 0. The molecule has 0 aromatic heterocycles. The molecule has 1 aliphatic carbocycles. The van der Waals surface area contributed by atoms with Crippen molar-refractivity contribution in [2.24, 2.45) is 5.92 Å². The molecule has 0 radical (unpaired) electrons. The number of alkyl halides is 3. The molecule has 1 N–H and O–H groups in total. The maximum absolute atomic E-state index is 12.6. The highest BCUT2D eigenvalue weighted by Crippen LogP contribution is 2.36. The Balaban J connectivity index is 2.01. The number of halogens is 4. The fraction of sp³-hybridized carbons (Fsp3) is 0.462. The van der Waals surface area contributed by atoms with Crippen LogP contribution < -0.4 is 5.32 Å². The highest BCUT2D eigenvalue weighted by molar-refractivity contribution is 9.10. The predicted molar refractivity (Wildman–Crippen MR) is 69.7 cm³/mol. The van der Waals surface area contributed by atoms with Crippen molar-refractivity contribution >= 4 is 27.5 Å². The van der Waals surface area contributed by atoms with Gasteiger partial charge in [0.1, 0.15) is 0 Å². The van der Waals surface area contributed by atoms with Crippen molar-refractivity contribution in [2.75, 3.05) is 5.32 Å². The molecule has 0 bridgehead atoms. The van der Waals surface area contributed by atoms with Crippen LogP contribution in [0.3, 0.4) is 0 Å². The maximum Gasteiger partial charge on any atom is 0.417 e. The van der Waals surface area contributed by atoms with Crippen molar-refractivity contribution in [1.82, 2.24) is 0 Å². The zero-order valence-electron chi connectivity index (χ0n) is 10.1. The maximum atomic E-state index is 12.6. The zero-order chi connectivity index (χ0) is 14.0. The van der Waals surface area contributed by atoms with Gasteiger partial charge in [0.05, 0.1) is 5.56 Å². The third kappa shape index (κ3) is 3.72. The molecule has 0 unspecified atom stereocenters. The second-order valence-corrected chi connectivity index (χ2v) is 5.60. The van der Waals surface area contributed by atoms with Crippen LogP contribution in [-0.4, -0.2) is 5.91 Å². The zero-order valence-corrected chi connectivity index (χ0v) is 11.6. The van der Waals surface area contributed by atoms with Gasteiger partial charge in [0.15, 0.2) is 0 Å². The average Bonchev–Trinajstić information content (AvgIpc) is 2.21. The molecule has 1 aromatic carbocycles. The second kappa shape index (κ2) is 5.53. The molecule has 1 aromatic rings. The number of carbonyl (C=O) groups is 1. The summed E-state index contributed by atoms with van der Waals surface area (Å²) in [5.74, 6) is 0.286. The number of amides is 1. The summed E-state index contributed by atoms with van der Waals surface area (Å²) >= 11 is 2.88. The third-order valence-corrected chi connectivity index (χ3v) is 3.91. The Kier molecular flexibility index (Phi) is 4.18. The van der Waals surface area contributed by atoms with Gasteiger partial charge in [-0.2, -0.15) is 13.2 Å². The van der Waals surface area contributed by atoms with E-state index >= 15 is 0 Å². The molecule has 0 saturated heterocycles. The van der Waals surface area contributed by atoms with E-state index in [1.807, 2.05) is 0 Å². The molecule has 0 aliphatic heterocycles. The highest BCUT2D eigenvalue weighted by Gasteiger charge is 2.32. The van der Waals surface area contributed by atoms with E-state index in [2.05, 4.69) is 21.2 Å². The first-order valence-electron chi connectivity index (χ1n) is 6.03. The monoisotopic (exact) mass is 335 g/mol. The van der Waals surface area contributed by atoms with Crippen LogP contribution in [0.2, 0.25) is 0 Å². The van der Waals surface area contributed by atoms with Crippen LogP contribution in [0.25, 0.3) is 0 Å². The Bertz CT molecular complexity index is 483. The van der Waals surface area contributed by atoms with E-state index in [0.717, 1.165) is 25.3 Å². The van der Waals surface area contributed by atoms with Crippen LogP contribution in [0.5, 0.6) is 0 Å². The van der Waals surface area contributed by atoms with Crippen molar-refractivity contribution in [2.45, 2.75) is 31.9 Å². The first-order valence-corrected chi connectivity index (χ1v) is 6.82. The van der Waals surface area contributed by atoms with Gasteiger partial charge in [0.25, 0.3) is 0 Å². The molecular weight excluding hydrogens is 323 g/mol. The number of nitrogens with one attached hydrogen (secondary N) is 1. The van der Waals surface area contributed by atoms with E-state index < -0.39 is 11.7 Å². The SMILES string of the molecule is O=C(CC1CCC1)Nc1ccc(C(F)(F)F)c(Br)c1. The Labute approximate surface area is 117 Å². The van der Waals surface area contributed by atoms with Gasteiger partial charge in [0.2, 0.25) is 5.91 Å². The van der Waals surface area contributed by atoms with Gasteiger partial charge < -0.3 is 5.32 Å². The van der Waals surface area contributed by atoms with Crippen LogP contribution in [-0.2, 0) is 11.0 Å². The summed E-state index contributed by atoms with van der Waals surface area (Å²) in [5.41, 5.74) is -0.367. The van der Waals surface area contributed by atoms with Crippen LogP contribution >= 0.6 is 15.9 Å². The van der Waals surface area contributed by atoms with Gasteiger partial charge in [0, 0.05) is 16.6 Å². The van der Waals surface area contributed by atoms with Crippen LogP contribution in [0, 0.1) is 5.92 Å². The molecule has 2 nitrogen and oxygen atoms in total. The van der Waals surface area contributed by atoms with E-state index in [1.54, 1.807) is 0 Å².